The van der Waals surface area contributed by atoms with Gasteiger partial charge in [0.15, 0.2) is 0 Å². The molecule has 0 bridgehead atoms. The summed E-state index contributed by atoms with van der Waals surface area (Å²) in [4.78, 5) is 3.65. The van der Waals surface area contributed by atoms with Crippen molar-refractivity contribution in [3.05, 3.63) is 46.3 Å². The van der Waals surface area contributed by atoms with Crippen molar-refractivity contribution in [2.24, 2.45) is 0 Å². The Morgan fingerprint density at radius 3 is 2.53 bits per heavy atom. The number of rotatable bonds is 2. The molecule has 0 aliphatic carbocycles. The molecule has 1 aromatic heterocycles. The molecule has 2 aromatic rings. The Labute approximate surface area is 108 Å². The van der Waals surface area contributed by atoms with Gasteiger partial charge in [0.25, 0.3) is 0 Å². The standard InChI is InChI=1S/C12H8Cl2FNO/c1-17-11-5-3-8(12(15)16-11)9-6-7(13)2-4-10(9)14/h2-6H,1H3. The molecular weight excluding hydrogens is 264 g/mol. The number of aromatic nitrogens is 1. The molecule has 1 aromatic carbocycles. The van der Waals surface area contributed by atoms with Crippen LogP contribution in [0, 0.1) is 5.95 Å². The number of hydrogen-bond donors (Lipinski definition) is 0. The number of methoxy groups -OCH3 is 1. The molecule has 2 rings (SSSR count). The predicted octanol–water partition coefficient (Wildman–Crippen LogP) is 4.20. The van der Waals surface area contributed by atoms with Crippen molar-refractivity contribution in [3.8, 4) is 17.0 Å². The van der Waals surface area contributed by atoms with Crippen molar-refractivity contribution >= 4 is 23.2 Å². The zero-order valence-corrected chi connectivity index (χ0v) is 10.4. The van der Waals surface area contributed by atoms with Crippen LogP contribution in [0.5, 0.6) is 5.88 Å². The average Bonchev–Trinajstić information content (AvgIpc) is 2.32. The lowest BCUT2D eigenvalue weighted by Crippen LogP contribution is -1.93. The first kappa shape index (κ1) is 12.1. The summed E-state index contributed by atoms with van der Waals surface area (Å²) in [6.07, 6.45) is 0. The lowest BCUT2D eigenvalue weighted by atomic mass is 10.1. The van der Waals surface area contributed by atoms with E-state index in [-0.39, 0.29) is 5.88 Å². The molecule has 0 saturated carbocycles. The summed E-state index contributed by atoms with van der Waals surface area (Å²) < 4.78 is 18.6. The van der Waals surface area contributed by atoms with Crippen LogP contribution < -0.4 is 4.74 Å². The summed E-state index contributed by atoms with van der Waals surface area (Å²) in [6, 6.07) is 7.97. The van der Waals surface area contributed by atoms with Crippen molar-refractivity contribution in [3.63, 3.8) is 0 Å². The van der Waals surface area contributed by atoms with E-state index < -0.39 is 5.95 Å². The second-order valence-electron chi connectivity index (χ2n) is 3.32. The maximum absolute atomic E-state index is 13.7. The third kappa shape index (κ3) is 2.51. The van der Waals surface area contributed by atoms with E-state index >= 15 is 0 Å². The van der Waals surface area contributed by atoms with Crippen LogP contribution in [0.25, 0.3) is 11.1 Å². The Morgan fingerprint density at radius 1 is 1.12 bits per heavy atom. The summed E-state index contributed by atoms with van der Waals surface area (Å²) in [5, 5.41) is 0.903. The fourth-order valence-corrected chi connectivity index (χ4v) is 1.83. The Morgan fingerprint density at radius 2 is 1.88 bits per heavy atom. The highest BCUT2D eigenvalue weighted by atomic mass is 35.5. The van der Waals surface area contributed by atoms with Gasteiger partial charge in [0, 0.05) is 27.2 Å². The second-order valence-corrected chi connectivity index (χ2v) is 4.16. The fraction of sp³-hybridized carbons (Fsp3) is 0.0833. The third-order valence-corrected chi connectivity index (χ3v) is 2.82. The zero-order chi connectivity index (χ0) is 12.4. The van der Waals surface area contributed by atoms with E-state index in [4.69, 9.17) is 27.9 Å². The van der Waals surface area contributed by atoms with Crippen LogP contribution in [0.2, 0.25) is 10.0 Å². The largest absolute Gasteiger partial charge is 0.481 e. The van der Waals surface area contributed by atoms with Crippen LogP contribution in [-0.2, 0) is 0 Å². The molecule has 0 aliphatic heterocycles. The summed E-state index contributed by atoms with van der Waals surface area (Å²) in [6.45, 7) is 0. The van der Waals surface area contributed by atoms with E-state index in [0.29, 0.717) is 21.2 Å². The van der Waals surface area contributed by atoms with Gasteiger partial charge in [-0.3, -0.25) is 0 Å². The van der Waals surface area contributed by atoms with E-state index in [2.05, 4.69) is 4.98 Å². The smallest absolute Gasteiger partial charge is 0.224 e. The Hall–Kier alpha value is -1.32. The summed E-state index contributed by atoms with van der Waals surface area (Å²) in [5.41, 5.74) is 0.796. The van der Waals surface area contributed by atoms with E-state index in [9.17, 15) is 4.39 Å². The maximum Gasteiger partial charge on any atom is 0.224 e. The number of nitrogens with zero attached hydrogens (tertiary/aromatic N) is 1. The molecule has 0 saturated heterocycles. The van der Waals surface area contributed by atoms with Gasteiger partial charge in [-0.05, 0) is 24.3 Å². The molecule has 0 atom stereocenters. The monoisotopic (exact) mass is 271 g/mol. The molecule has 2 nitrogen and oxygen atoms in total. The van der Waals surface area contributed by atoms with Crippen LogP contribution in [0.4, 0.5) is 4.39 Å². The molecule has 17 heavy (non-hydrogen) atoms. The molecule has 0 amide bonds. The van der Waals surface area contributed by atoms with Crippen LogP contribution in [0.15, 0.2) is 30.3 Å². The number of pyridine rings is 1. The molecule has 5 heteroatoms. The number of halogens is 3. The number of benzene rings is 1. The van der Waals surface area contributed by atoms with E-state index in [1.807, 2.05) is 0 Å². The SMILES string of the molecule is COc1ccc(-c2cc(Cl)ccc2Cl)c(F)n1. The Balaban J connectivity index is 2.56. The van der Waals surface area contributed by atoms with Crippen LogP contribution in [0.3, 0.4) is 0 Å². The van der Waals surface area contributed by atoms with Gasteiger partial charge in [0.2, 0.25) is 11.8 Å². The first-order valence-electron chi connectivity index (χ1n) is 4.78. The van der Waals surface area contributed by atoms with E-state index in [0.717, 1.165) is 0 Å². The van der Waals surface area contributed by atoms with Gasteiger partial charge in [-0.1, -0.05) is 23.2 Å². The lowest BCUT2D eigenvalue weighted by molar-refractivity contribution is 0.388. The minimum Gasteiger partial charge on any atom is -0.481 e. The van der Waals surface area contributed by atoms with Crippen molar-refractivity contribution in [1.82, 2.24) is 4.98 Å². The van der Waals surface area contributed by atoms with E-state index in [1.165, 1.54) is 7.11 Å². The first-order valence-corrected chi connectivity index (χ1v) is 5.53. The molecule has 88 valence electrons. The maximum atomic E-state index is 13.7. The van der Waals surface area contributed by atoms with Gasteiger partial charge in [0.1, 0.15) is 0 Å². The van der Waals surface area contributed by atoms with Crippen LogP contribution in [-0.4, -0.2) is 12.1 Å². The summed E-state index contributed by atoms with van der Waals surface area (Å²) in [5.74, 6) is -0.432. The topological polar surface area (TPSA) is 22.1 Å². The molecule has 0 spiro atoms. The Bertz CT molecular complexity index is 560. The highest BCUT2D eigenvalue weighted by Gasteiger charge is 2.11. The summed E-state index contributed by atoms with van der Waals surface area (Å²) in [7, 11) is 1.42. The molecule has 0 fully saturated rings. The molecular formula is C12H8Cl2FNO. The zero-order valence-electron chi connectivity index (χ0n) is 8.88. The highest BCUT2D eigenvalue weighted by Crippen LogP contribution is 2.32. The van der Waals surface area contributed by atoms with Gasteiger partial charge < -0.3 is 4.74 Å². The molecule has 1 heterocycles. The van der Waals surface area contributed by atoms with E-state index in [1.54, 1.807) is 30.3 Å². The average molecular weight is 272 g/mol. The van der Waals surface area contributed by atoms with Crippen molar-refractivity contribution in [1.29, 1.82) is 0 Å². The predicted molar refractivity (Wildman–Crippen MR) is 66.2 cm³/mol. The molecule has 0 unspecified atom stereocenters. The minimum atomic E-state index is -0.645. The third-order valence-electron chi connectivity index (χ3n) is 2.25. The van der Waals surface area contributed by atoms with Crippen LogP contribution >= 0.6 is 23.2 Å². The number of ether oxygens (including phenoxy) is 1. The molecule has 0 radical (unpaired) electrons. The molecule has 0 N–H and O–H groups in total. The number of hydrogen-bond acceptors (Lipinski definition) is 2. The highest BCUT2D eigenvalue weighted by molar-refractivity contribution is 6.35. The summed E-state index contributed by atoms with van der Waals surface area (Å²) >= 11 is 11.8. The second kappa shape index (κ2) is 4.90. The quantitative estimate of drug-likeness (QED) is 0.764. The normalized spacial score (nSPS) is 10.4. The van der Waals surface area contributed by atoms with Gasteiger partial charge >= 0.3 is 0 Å². The minimum absolute atomic E-state index is 0.212. The van der Waals surface area contributed by atoms with Gasteiger partial charge in [-0.25, -0.2) is 0 Å². The van der Waals surface area contributed by atoms with Gasteiger partial charge in [-0.15, -0.1) is 0 Å². The van der Waals surface area contributed by atoms with Gasteiger partial charge in [0.05, 0.1) is 7.11 Å². The Kier molecular flexibility index (Phi) is 3.50. The van der Waals surface area contributed by atoms with Crippen molar-refractivity contribution < 1.29 is 9.13 Å². The van der Waals surface area contributed by atoms with Crippen LogP contribution in [0.1, 0.15) is 0 Å². The van der Waals surface area contributed by atoms with Gasteiger partial charge in [-0.2, -0.15) is 9.37 Å². The molecule has 0 aliphatic rings. The lowest BCUT2D eigenvalue weighted by Gasteiger charge is -2.07. The van der Waals surface area contributed by atoms with Crippen molar-refractivity contribution in [2.45, 2.75) is 0 Å². The van der Waals surface area contributed by atoms with Crippen molar-refractivity contribution in [2.75, 3.05) is 7.11 Å². The fourth-order valence-electron chi connectivity index (χ4n) is 1.44. The first-order chi connectivity index (χ1) is 8.11.